The number of anilines is 4. The van der Waals surface area contributed by atoms with Crippen LogP contribution in [0.3, 0.4) is 0 Å². The molecule has 3 N–H and O–H groups in total. The summed E-state index contributed by atoms with van der Waals surface area (Å²) < 4.78 is 105. The summed E-state index contributed by atoms with van der Waals surface area (Å²) in [6, 6.07) is 10.7. The molecule has 3 aromatic heterocycles. The van der Waals surface area contributed by atoms with E-state index in [9.17, 15) is 74.9 Å². The quantitative estimate of drug-likeness (QED) is 0.0314. The number of aromatic nitrogens is 6. The SMILES string of the molecule is COC(=O)C1CC(=O)N(c2cnn3c2CN(C(=O)OC(C)(C)C)[C@@H](C)C3)C1.C[C@H]1Cn2ncc(N3CC(C(C)(C)O)CC3=O)c2CN1C(=O)Cc1cc(F)c(F)c(F)c1.C[C@H]1Cn2ncc(N3CC(C(C)(C)O)CC3=O)c2CN1C(=O)OC(C)(C)C.O=C(Nc1cc(F)c(F)c(F)c1)Oc1ccccc1.[Br-].[CH3-].[Mg+2]. The van der Waals surface area contributed by atoms with Gasteiger partial charge in [-0.2, -0.15) is 15.3 Å². The first-order chi connectivity index (χ1) is 49.0. The Hall–Kier alpha value is -8.80. The van der Waals surface area contributed by atoms with Crippen LogP contribution in [-0.4, -0.2) is 192 Å². The third-order valence-corrected chi connectivity index (χ3v) is 18.6. The number of rotatable bonds is 10. The van der Waals surface area contributed by atoms with Crippen LogP contribution in [0, 0.1) is 60.1 Å². The third kappa shape index (κ3) is 21.2. The molecule has 35 heteroatoms. The van der Waals surface area contributed by atoms with Gasteiger partial charge < -0.3 is 73.2 Å². The van der Waals surface area contributed by atoms with Crippen LogP contribution >= 0.6 is 0 Å². The molecule has 0 radical (unpaired) electrons. The van der Waals surface area contributed by atoms with Gasteiger partial charge in [0.1, 0.15) is 17.0 Å². The first-order valence-corrected chi connectivity index (χ1v) is 34.2. The van der Waals surface area contributed by atoms with E-state index < -0.39 is 81.4 Å². The number of benzene rings is 3. The summed E-state index contributed by atoms with van der Waals surface area (Å²) in [4.78, 5) is 109. The molecule has 0 saturated carbocycles. The van der Waals surface area contributed by atoms with E-state index in [1.165, 1.54) is 19.2 Å². The zero-order valence-electron chi connectivity index (χ0n) is 63.1. The normalized spacial score (nSPS) is 19.6. The molecule has 12 rings (SSSR count). The molecule has 0 spiro atoms. The van der Waals surface area contributed by atoms with Gasteiger partial charge in [0, 0.05) is 68.9 Å². The summed E-state index contributed by atoms with van der Waals surface area (Å²) in [5, 5.41) is 35.8. The second kappa shape index (κ2) is 35.3. The fourth-order valence-electron chi connectivity index (χ4n) is 12.7. The number of fused-ring (bicyclic) bond motifs is 3. The molecule has 3 aromatic carbocycles. The Morgan fingerprint density at radius 2 is 0.898 bits per heavy atom. The van der Waals surface area contributed by atoms with Crippen LogP contribution in [0.1, 0.15) is 132 Å². The number of ether oxygens (including phenoxy) is 4. The molecule has 6 aliphatic heterocycles. The maximum absolute atomic E-state index is 13.5. The Morgan fingerprint density at radius 3 is 1.27 bits per heavy atom. The van der Waals surface area contributed by atoms with Crippen molar-refractivity contribution in [1.29, 1.82) is 0 Å². The largest absolute Gasteiger partial charge is 2.00 e. The number of nitrogens with one attached hydrogen (secondary N) is 1. The minimum Gasteiger partial charge on any atom is -1.00 e. The molecular weight excluding hydrogens is 1500 g/mol. The number of amides is 7. The molecule has 7 amide bonds. The van der Waals surface area contributed by atoms with Gasteiger partial charge in [-0.15, -0.1) is 0 Å². The maximum Gasteiger partial charge on any atom is 2.00 e. The zero-order chi connectivity index (χ0) is 77.3. The Morgan fingerprint density at radius 1 is 0.537 bits per heavy atom. The van der Waals surface area contributed by atoms with Gasteiger partial charge in [0.15, 0.2) is 34.9 Å². The average Bonchev–Trinajstić information content (AvgIpc) is 1.62. The van der Waals surface area contributed by atoms with Crippen LogP contribution in [0.5, 0.6) is 5.75 Å². The van der Waals surface area contributed by atoms with Crippen molar-refractivity contribution in [2.45, 2.75) is 195 Å². The Bertz CT molecular complexity index is 4230. The second-order valence-corrected chi connectivity index (χ2v) is 29.9. The van der Waals surface area contributed by atoms with Crippen LogP contribution in [0.25, 0.3) is 0 Å². The van der Waals surface area contributed by atoms with E-state index in [0.29, 0.717) is 80.6 Å². The van der Waals surface area contributed by atoms with Crippen LogP contribution < -0.4 is 41.7 Å². The predicted molar refractivity (Wildman–Crippen MR) is 380 cm³/mol. The Kier molecular flexibility index (Phi) is 28.8. The van der Waals surface area contributed by atoms with Crippen LogP contribution in [-0.2, 0) is 83.9 Å². The Balaban J connectivity index is 0.000000226. The summed E-state index contributed by atoms with van der Waals surface area (Å²) in [6.07, 6.45) is 3.56. The molecule has 584 valence electrons. The van der Waals surface area contributed by atoms with Crippen LogP contribution in [0.15, 0.2) is 73.2 Å². The molecule has 3 unspecified atom stereocenters. The van der Waals surface area contributed by atoms with Gasteiger partial charge >= 0.3 is 47.3 Å². The standard InChI is InChI=1S/C22H25F3N4O3.C19H30N4O4.C18H26N4O5.C13H8F3NO2.CH3.BrH.Mg/c1-12-9-29-18(17(8-26-29)28-10-14(7-20(28)31)22(2,3)32)11-27(12)19(30)6-13-4-15(23)21(25)16(24)5-13;1-12-9-23-15(11-21(12)17(25)27-18(2,3)4)14(8-20-23)22-10-13(7-16(22)24)19(5,6)26;1-11-8-22-14(10-20(11)17(25)27-18(2,3)4)13(7-19-22)21-9-12(6-15(21)23)16(24)26-5;14-10-6-8(7-11(15)12(10)16)17-13(18)19-9-4-2-1-3-5-9;;;/h4-5,8,12,14,32H,6-7,9-11H2,1-3H3;8,12-13,26H,7,9-11H2,1-6H3;7,11-12H,6,8-10H2,1-5H3;1-7H,(H,17,18);1H3;1H;/q;;;;-1;;+2/p-1/t12-,14?;12-,13?;11-,12?;;;;/m000..../s1. The van der Waals surface area contributed by atoms with Gasteiger partial charge in [-0.1, -0.05) is 18.2 Å². The predicted octanol–water partition coefficient (Wildman–Crippen LogP) is 6.88. The molecule has 108 heavy (non-hydrogen) atoms. The van der Waals surface area contributed by atoms with Crippen molar-refractivity contribution in [3.63, 3.8) is 0 Å². The molecule has 3 saturated heterocycles. The molecule has 3 fully saturated rings. The van der Waals surface area contributed by atoms with E-state index in [0.717, 1.165) is 23.5 Å². The molecule has 0 aliphatic carbocycles. The fourth-order valence-corrected chi connectivity index (χ4v) is 12.7. The molecular formula is C73H92BrF6MgN13O14. The number of esters is 1. The summed E-state index contributed by atoms with van der Waals surface area (Å²) in [5.41, 5.74) is 0.919. The van der Waals surface area contributed by atoms with Gasteiger partial charge in [-0.25, -0.2) is 40.7 Å². The molecule has 0 bridgehead atoms. The molecule has 6 aromatic rings. The number of nitrogens with zero attached hydrogens (tertiary/aromatic N) is 12. The van der Waals surface area contributed by atoms with Crippen molar-refractivity contribution in [3.05, 3.63) is 138 Å². The molecule has 6 atom stereocenters. The second-order valence-electron chi connectivity index (χ2n) is 29.9. The van der Waals surface area contributed by atoms with E-state index >= 15 is 0 Å². The van der Waals surface area contributed by atoms with E-state index in [1.807, 2.05) is 67.0 Å². The summed E-state index contributed by atoms with van der Waals surface area (Å²) in [5.74, 6) is -10.3. The number of methoxy groups -OCH3 is 1. The summed E-state index contributed by atoms with van der Waals surface area (Å²) >= 11 is 0. The first kappa shape index (κ1) is 88.1. The van der Waals surface area contributed by atoms with Gasteiger partial charge in [-0.3, -0.25) is 53.1 Å². The van der Waals surface area contributed by atoms with Crippen molar-refractivity contribution in [2.24, 2.45) is 17.8 Å². The number of hydrogen-bond acceptors (Lipinski definition) is 17. The summed E-state index contributed by atoms with van der Waals surface area (Å²) in [6.45, 7) is 26.8. The number of hydrogen-bond donors (Lipinski definition) is 3. The first-order valence-electron chi connectivity index (χ1n) is 34.2. The Labute approximate surface area is 649 Å². The van der Waals surface area contributed by atoms with Gasteiger partial charge in [-0.05, 0) is 120 Å². The van der Waals surface area contributed by atoms with Crippen molar-refractivity contribution >= 4 is 93.7 Å². The number of aliphatic hydroxyl groups is 2. The number of carbonyl (C=O) groups excluding carboxylic acids is 8. The summed E-state index contributed by atoms with van der Waals surface area (Å²) in [7, 11) is 1.32. The van der Waals surface area contributed by atoms with E-state index in [4.69, 9.17) is 18.9 Å². The van der Waals surface area contributed by atoms with Crippen molar-refractivity contribution in [1.82, 2.24) is 44.0 Å². The van der Waals surface area contributed by atoms with Crippen LogP contribution in [0.4, 0.5) is 63.5 Å². The minimum absolute atomic E-state index is 0. The molecule has 6 aliphatic rings. The van der Waals surface area contributed by atoms with Gasteiger partial charge in [0.25, 0.3) is 0 Å². The van der Waals surface area contributed by atoms with Crippen molar-refractivity contribution in [3.8, 4) is 5.75 Å². The monoisotopic (exact) mass is 1590 g/mol. The fraction of sp³-hybridized carbons (Fsp3) is 0.507. The van der Waals surface area contributed by atoms with E-state index in [1.54, 1.807) is 103 Å². The van der Waals surface area contributed by atoms with Crippen LogP contribution in [0.2, 0.25) is 0 Å². The topological polar surface area (TPSA) is 299 Å². The van der Waals surface area contributed by atoms with Crippen molar-refractivity contribution < 1.29 is 111 Å². The molecule has 9 heterocycles. The van der Waals surface area contributed by atoms with E-state index in [-0.39, 0.29) is 163 Å². The molecule has 27 nitrogen and oxygen atoms in total. The number of para-hydroxylation sites is 1. The number of halogens is 7. The van der Waals surface area contributed by atoms with Gasteiger partial charge in [0.2, 0.25) is 23.6 Å². The zero-order valence-corrected chi connectivity index (χ0v) is 66.1. The maximum atomic E-state index is 13.5. The average molecular weight is 1590 g/mol. The number of carbonyl (C=O) groups is 8. The van der Waals surface area contributed by atoms with E-state index in [2.05, 4.69) is 20.6 Å². The van der Waals surface area contributed by atoms with Crippen molar-refractivity contribution in [2.75, 3.05) is 46.8 Å². The third-order valence-electron chi connectivity index (χ3n) is 18.6. The minimum atomic E-state index is -1.60. The van der Waals surface area contributed by atoms with Gasteiger partial charge in [0.05, 0.1) is 140 Å². The smallest absolute Gasteiger partial charge is 1.00 e.